The fourth-order valence-electron chi connectivity index (χ4n) is 3.09. The van der Waals surface area contributed by atoms with E-state index in [1.807, 2.05) is 19.1 Å². The Morgan fingerprint density at radius 1 is 1.15 bits per heavy atom. The van der Waals surface area contributed by atoms with Crippen LogP contribution in [0.4, 0.5) is 11.4 Å². The molecule has 1 saturated heterocycles. The number of anilines is 1. The third-order valence-electron chi connectivity index (χ3n) is 4.61. The standard InChI is InChI=1S/C18H20ClN3O4S/c1-13(14-4-6-15(19)7-5-14)20-17-9-8-16(12-18(17)22(23)24)27(25,26)21-10-2-3-11-21/h4-9,12-13,20H,2-3,10-11H2,1H3/t13-/m0/s1. The van der Waals surface area contributed by atoms with Crippen LogP contribution < -0.4 is 5.32 Å². The quantitative estimate of drug-likeness (QED) is 0.570. The van der Waals surface area contributed by atoms with Crippen LogP contribution in [0.5, 0.6) is 0 Å². The monoisotopic (exact) mass is 409 g/mol. The van der Waals surface area contributed by atoms with Gasteiger partial charge in [0.05, 0.1) is 9.82 Å². The summed E-state index contributed by atoms with van der Waals surface area (Å²) in [7, 11) is -3.71. The van der Waals surface area contributed by atoms with Crippen LogP contribution in [0.1, 0.15) is 31.4 Å². The summed E-state index contributed by atoms with van der Waals surface area (Å²) in [5.41, 5.74) is 0.904. The average Bonchev–Trinajstić information content (AvgIpc) is 3.17. The number of nitro groups is 1. The maximum Gasteiger partial charge on any atom is 0.293 e. The van der Waals surface area contributed by atoms with Crippen LogP contribution in [0.3, 0.4) is 0 Å². The lowest BCUT2D eigenvalue weighted by Gasteiger charge is -2.18. The summed E-state index contributed by atoms with van der Waals surface area (Å²) in [6, 6.07) is 10.9. The van der Waals surface area contributed by atoms with E-state index < -0.39 is 14.9 Å². The van der Waals surface area contributed by atoms with Crippen LogP contribution in [0.25, 0.3) is 0 Å². The highest BCUT2D eigenvalue weighted by molar-refractivity contribution is 7.89. The van der Waals surface area contributed by atoms with E-state index in [0.29, 0.717) is 18.1 Å². The van der Waals surface area contributed by atoms with E-state index in [-0.39, 0.29) is 22.3 Å². The summed E-state index contributed by atoms with van der Waals surface area (Å²) < 4.78 is 26.7. The van der Waals surface area contributed by atoms with E-state index in [9.17, 15) is 18.5 Å². The van der Waals surface area contributed by atoms with Gasteiger partial charge in [-0.25, -0.2) is 8.42 Å². The molecule has 2 aromatic rings. The van der Waals surface area contributed by atoms with Crippen LogP contribution in [-0.2, 0) is 10.0 Å². The highest BCUT2D eigenvalue weighted by Crippen LogP contribution is 2.32. The van der Waals surface area contributed by atoms with Crippen LogP contribution in [-0.4, -0.2) is 30.7 Å². The minimum absolute atomic E-state index is 0.0548. The first-order valence-electron chi connectivity index (χ1n) is 8.59. The summed E-state index contributed by atoms with van der Waals surface area (Å²) in [5.74, 6) is 0. The summed E-state index contributed by atoms with van der Waals surface area (Å²) in [4.78, 5) is 10.9. The third kappa shape index (κ3) is 4.23. The molecule has 3 rings (SSSR count). The zero-order chi connectivity index (χ0) is 19.6. The van der Waals surface area contributed by atoms with Crippen molar-refractivity contribution >= 4 is 33.0 Å². The van der Waals surface area contributed by atoms with E-state index in [1.165, 1.54) is 16.4 Å². The molecule has 2 aromatic carbocycles. The Morgan fingerprint density at radius 3 is 2.37 bits per heavy atom. The number of hydrogen-bond donors (Lipinski definition) is 1. The van der Waals surface area contributed by atoms with E-state index in [4.69, 9.17) is 11.6 Å². The first-order valence-corrected chi connectivity index (χ1v) is 10.4. The second-order valence-electron chi connectivity index (χ2n) is 6.46. The smallest absolute Gasteiger partial charge is 0.293 e. The Balaban J connectivity index is 1.90. The summed E-state index contributed by atoms with van der Waals surface area (Å²) in [6.45, 7) is 2.76. The fraction of sp³-hybridized carbons (Fsp3) is 0.333. The van der Waals surface area contributed by atoms with Gasteiger partial charge in [-0.15, -0.1) is 0 Å². The molecule has 1 heterocycles. The molecule has 1 aliphatic heterocycles. The molecular weight excluding hydrogens is 390 g/mol. The van der Waals surface area contributed by atoms with Crippen LogP contribution in [0, 0.1) is 10.1 Å². The topological polar surface area (TPSA) is 92.6 Å². The van der Waals surface area contributed by atoms with Crippen molar-refractivity contribution in [1.82, 2.24) is 4.31 Å². The highest BCUT2D eigenvalue weighted by atomic mass is 35.5. The third-order valence-corrected chi connectivity index (χ3v) is 6.76. The van der Waals surface area contributed by atoms with E-state index in [2.05, 4.69) is 5.32 Å². The predicted octanol–water partition coefficient (Wildman–Crippen LogP) is 4.21. The number of nitrogens with zero attached hydrogens (tertiary/aromatic N) is 2. The van der Waals surface area contributed by atoms with Crippen LogP contribution in [0.2, 0.25) is 5.02 Å². The maximum absolute atomic E-state index is 12.7. The van der Waals surface area contributed by atoms with Gasteiger partial charge in [0.15, 0.2) is 0 Å². The molecular formula is C18H20ClN3O4S. The predicted molar refractivity (Wildman–Crippen MR) is 105 cm³/mol. The molecule has 1 N–H and O–H groups in total. The zero-order valence-corrected chi connectivity index (χ0v) is 16.3. The van der Waals surface area contributed by atoms with Crippen LogP contribution in [0.15, 0.2) is 47.4 Å². The molecule has 144 valence electrons. The van der Waals surface area contributed by atoms with Crippen molar-refractivity contribution in [2.24, 2.45) is 0 Å². The van der Waals surface area contributed by atoms with E-state index in [0.717, 1.165) is 24.5 Å². The maximum atomic E-state index is 12.7. The lowest BCUT2D eigenvalue weighted by Crippen LogP contribution is -2.27. The summed E-state index contributed by atoms with van der Waals surface area (Å²) in [6.07, 6.45) is 1.61. The number of halogens is 1. The number of sulfonamides is 1. The normalized spacial score (nSPS) is 16.2. The van der Waals surface area contributed by atoms with Crippen molar-refractivity contribution in [3.63, 3.8) is 0 Å². The van der Waals surface area contributed by atoms with E-state index in [1.54, 1.807) is 12.1 Å². The zero-order valence-electron chi connectivity index (χ0n) is 14.8. The summed E-state index contributed by atoms with van der Waals surface area (Å²) >= 11 is 5.89. The lowest BCUT2D eigenvalue weighted by molar-refractivity contribution is -0.384. The highest BCUT2D eigenvalue weighted by Gasteiger charge is 2.29. The van der Waals surface area contributed by atoms with Crippen molar-refractivity contribution in [3.8, 4) is 0 Å². The average molecular weight is 410 g/mol. The number of nitrogens with one attached hydrogen (secondary N) is 1. The Hall–Kier alpha value is -2.16. The minimum Gasteiger partial charge on any atom is -0.373 e. The Bertz CT molecular complexity index is 942. The van der Waals surface area contributed by atoms with Gasteiger partial charge in [0, 0.05) is 30.2 Å². The second-order valence-corrected chi connectivity index (χ2v) is 8.84. The van der Waals surface area contributed by atoms with Gasteiger partial charge in [-0.3, -0.25) is 10.1 Å². The molecule has 1 atom stereocenters. The first kappa shape index (κ1) is 19.6. The molecule has 0 aliphatic carbocycles. The number of hydrogen-bond acceptors (Lipinski definition) is 5. The minimum atomic E-state index is -3.71. The van der Waals surface area contributed by atoms with Crippen molar-refractivity contribution in [2.75, 3.05) is 18.4 Å². The number of rotatable bonds is 6. The first-order chi connectivity index (χ1) is 12.8. The molecule has 0 bridgehead atoms. The van der Waals surface area contributed by atoms with Gasteiger partial charge in [0.2, 0.25) is 10.0 Å². The number of benzene rings is 2. The van der Waals surface area contributed by atoms with Crippen molar-refractivity contribution < 1.29 is 13.3 Å². The number of nitro benzene ring substituents is 1. The molecule has 7 nitrogen and oxygen atoms in total. The van der Waals surface area contributed by atoms with Gasteiger partial charge in [0.1, 0.15) is 5.69 Å². The molecule has 0 spiro atoms. The second kappa shape index (κ2) is 7.84. The van der Waals surface area contributed by atoms with Gasteiger partial charge in [-0.2, -0.15) is 4.31 Å². The van der Waals surface area contributed by atoms with Gasteiger partial charge >= 0.3 is 0 Å². The largest absolute Gasteiger partial charge is 0.373 e. The van der Waals surface area contributed by atoms with Crippen molar-refractivity contribution in [2.45, 2.75) is 30.7 Å². The summed E-state index contributed by atoms with van der Waals surface area (Å²) in [5, 5.41) is 15.2. The Labute approximate surface area is 163 Å². The molecule has 1 fully saturated rings. The van der Waals surface area contributed by atoms with Gasteiger partial charge < -0.3 is 5.32 Å². The molecule has 0 amide bonds. The van der Waals surface area contributed by atoms with Gasteiger partial charge in [-0.1, -0.05) is 23.7 Å². The SMILES string of the molecule is C[C@H](Nc1ccc(S(=O)(=O)N2CCCC2)cc1[N+](=O)[O-])c1ccc(Cl)cc1. The van der Waals surface area contributed by atoms with Gasteiger partial charge in [-0.05, 0) is 49.6 Å². The molecule has 27 heavy (non-hydrogen) atoms. The molecule has 1 aliphatic rings. The van der Waals surface area contributed by atoms with Crippen LogP contribution >= 0.6 is 11.6 Å². The fourth-order valence-corrected chi connectivity index (χ4v) is 4.75. The lowest BCUT2D eigenvalue weighted by atomic mass is 10.1. The molecule has 0 unspecified atom stereocenters. The molecule has 0 aromatic heterocycles. The van der Waals surface area contributed by atoms with Crippen molar-refractivity contribution in [1.29, 1.82) is 0 Å². The molecule has 0 saturated carbocycles. The molecule has 9 heteroatoms. The van der Waals surface area contributed by atoms with Gasteiger partial charge in [0.25, 0.3) is 5.69 Å². The molecule has 0 radical (unpaired) electrons. The van der Waals surface area contributed by atoms with E-state index >= 15 is 0 Å². The Kier molecular flexibility index (Phi) is 5.69. The Morgan fingerprint density at radius 2 is 1.78 bits per heavy atom. The van der Waals surface area contributed by atoms with Crippen molar-refractivity contribution in [3.05, 3.63) is 63.2 Å².